The minimum Gasteiger partial charge on any atom is -0.468 e. The number of carbonyl (C=O) groups excluding carboxylic acids is 2. The molecule has 0 bridgehead atoms. The number of allylic oxidation sites excluding steroid dienone is 1. The molecule has 0 N–H and O–H groups in total. The molecular weight excluding hydrogens is 251 g/mol. The summed E-state index contributed by atoms with van der Waals surface area (Å²) < 4.78 is 22.9. The van der Waals surface area contributed by atoms with E-state index in [4.69, 9.17) is 0 Å². The van der Waals surface area contributed by atoms with Gasteiger partial charge in [0.05, 0.1) is 14.2 Å². The molecule has 0 radical (unpaired) electrons. The van der Waals surface area contributed by atoms with E-state index >= 15 is 0 Å². The molecular formula is C14H15FO4. The van der Waals surface area contributed by atoms with E-state index < -0.39 is 29.6 Å². The molecule has 1 aromatic rings. The van der Waals surface area contributed by atoms with Gasteiger partial charge in [0, 0.05) is 5.92 Å². The van der Waals surface area contributed by atoms with Crippen LogP contribution in [0.25, 0.3) is 0 Å². The van der Waals surface area contributed by atoms with E-state index in [0.717, 1.165) is 14.2 Å². The Balaban J connectivity index is 3.24. The van der Waals surface area contributed by atoms with E-state index in [9.17, 15) is 14.0 Å². The number of esters is 2. The highest BCUT2D eigenvalue weighted by Gasteiger charge is 2.37. The molecule has 0 fully saturated rings. The number of carbonyl (C=O) groups is 2. The van der Waals surface area contributed by atoms with Gasteiger partial charge in [-0.25, -0.2) is 4.39 Å². The highest BCUT2D eigenvalue weighted by Crippen LogP contribution is 2.29. The summed E-state index contributed by atoms with van der Waals surface area (Å²) in [5, 5.41) is 0. The number of hydrogen-bond donors (Lipinski definition) is 0. The molecule has 0 saturated heterocycles. The molecule has 0 aliphatic rings. The summed E-state index contributed by atoms with van der Waals surface area (Å²) in [4.78, 5) is 23.4. The summed E-state index contributed by atoms with van der Waals surface area (Å²) in [5.41, 5.74) is 0.193. The topological polar surface area (TPSA) is 52.6 Å². The number of methoxy groups -OCH3 is 2. The van der Waals surface area contributed by atoms with Crippen LogP contribution in [0.15, 0.2) is 36.9 Å². The van der Waals surface area contributed by atoms with E-state index in [1.807, 2.05) is 0 Å². The smallest absolute Gasteiger partial charge is 0.321 e. The molecule has 4 nitrogen and oxygen atoms in total. The second-order valence-corrected chi connectivity index (χ2v) is 3.81. The normalized spacial score (nSPS) is 11.8. The zero-order valence-electron chi connectivity index (χ0n) is 10.8. The molecule has 0 aliphatic heterocycles. The Hall–Kier alpha value is -2.17. The van der Waals surface area contributed by atoms with Crippen LogP contribution < -0.4 is 0 Å². The fourth-order valence-electron chi connectivity index (χ4n) is 1.83. The molecule has 0 heterocycles. The van der Waals surface area contributed by atoms with Crippen molar-refractivity contribution in [3.05, 3.63) is 48.3 Å². The van der Waals surface area contributed by atoms with Gasteiger partial charge >= 0.3 is 11.9 Å². The number of benzene rings is 1. The maximum absolute atomic E-state index is 13.8. The van der Waals surface area contributed by atoms with E-state index in [1.165, 1.54) is 24.3 Å². The summed E-state index contributed by atoms with van der Waals surface area (Å²) in [6.07, 6.45) is 1.33. The van der Waals surface area contributed by atoms with Crippen molar-refractivity contribution in [3.8, 4) is 0 Å². The van der Waals surface area contributed by atoms with Gasteiger partial charge in [0.1, 0.15) is 5.82 Å². The van der Waals surface area contributed by atoms with Gasteiger partial charge in [-0.1, -0.05) is 24.3 Å². The molecule has 5 heteroatoms. The van der Waals surface area contributed by atoms with Crippen molar-refractivity contribution >= 4 is 11.9 Å². The molecule has 1 rings (SSSR count). The Morgan fingerprint density at radius 3 is 2.16 bits per heavy atom. The first-order valence-electron chi connectivity index (χ1n) is 5.59. The van der Waals surface area contributed by atoms with Crippen LogP contribution in [0.2, 0.25) is 0 Å². The van der Waals surface area contributed by atoms with E-state index in [0.29, 0.717) is 0 Å². The molecule has 0 aromatic heterocycles. The van der Waals surface area contributed by atoms with Gasteiger partial charge in [-0.2, -0.15) is 0 Å². The minimum absolute atomic E-state index is 0.193. The largest absolute Gasteiger partial charge is 0.468 e. The zero-order valence-corrected chi connectivity index (χ0v) is 10.8. The van der Waals surface area contributed by atoms with Gasteiger partial charge in [0.25, 0.3) is 0 Å². The molecule has 0 aliphatic carbocycles. The van der Waals surface area contributed by atoms with Crippen molar-refractivity contribution in [1.82, 2.24) is 0 Å². The number of halogens is 1. The first kappa shape index (κ1) is 14.9. The number of hydrogen-bond acceptors (Lipinski definition) is 4. The predicted molar refractivity (Wildman–Crippen MR) is 66.9 cm³/mol. The first-order chi connectivity index (χ1) is 9.06. The van der Waals surface area contributed by atoms with Crippen molar-refractivity contribution in [1.29, 1.82) is 0 Å². The fraction of sp³-hybridized carbons (Fsp3) is 0.286. The molecule has 19 heavy (non-hydrogen) atoms. The van der Waals surface area contributed by atoms with Gasteiger partial charge in [-0.05, 0) is 11.6 Å². The predicted octanol–water partition coefficient (Wildman–Crippen LogP) is 2.06. The molecule has 0 spiro atoms. The van der Waals surface area contributed by atoms with Crippen molar-refractivity contribution in [3.63, 3.8) is 0 Å². The summed E-state index contributed by atoms with van der Waals surface area (Å²) in [5.74, 6) is -4.23. The standard InChI is InChI=1S/C14H15FO4/c1-4-9(10-7-5-6-8-11(10)15)12(13(16)18-2)14(17)19-3/h4-9,12H,1H2,2-3H3/t9-/m1/s1. The van der Waals surface area contributed by atoms with Gasteiger partial charge in [-0.3, -0.25) is 9.59 Å². The second kappa shape index (κ2) is 6.68. The molecule has 1 aromatic carbocycles. The van der Waals surface area contributed by atoms with E-state index in [2.05, 4.69) is 16.1 Å². The average molecular weight is 266 g/mol. The molecule has 1 atom stereocenters. The second-order valence-electron chi connectivity index (χ2n) is 3.81. The Labute approximate surface area is 110 Å². The van der Waals surface area contributed by atoms with Crippen LogP contribution >= 0.6 is 0 Å². The summed E-state index contributed by atoms with van der Waals surface area (Å²) in [7, 11) is 2.31. The molecule has 102 valence electrons. The maximum atomic E-state index is 13.8. The summed E-state index contributed by atoms with van der Waals surface area (Å²) >= 11 is 0. The highest BCUT2D eigenvalue weighted by molar-refractivity contribution is 5.96. The third-order valence-corrected chi connectivity index (χ3v) is 2.79. The Morgan fingerprint density at radius 1 is 1.21 bits per heavy atom. The Bertz CT molecular complexity index is 468. The van der Waals surface area contributed by atoms with Crippen molar-refractivity contribution in [2.75, 3.05) is 14.2 Å². The minimum atomic E-state index is -1.27. The van der Waals surface area contributed by atoms with Crippen molar-refractivity contribution in [2.45, 2.75) is 5.92 Å². The van der Waals surface area contributed by atoms with Crippen LogP contribution in [0.5, 0.6) is 0 Å². The third kappa shape index (κ3) is 3.19. The Kier molecular flexibility index (Phi) is 5.23. The van der Waals surface area contributed by atoms with Gasteiger partial charge in [0.2, 0.25) is 0 Å². The van der Waals surface area contributed by atoms with Gasteiger partial charge in [0.15, 0.2) is 5.92 Å². The van der Waals surface area contributed by atoms with E-state index in [-0.39, 0.29) is 5.56 Å². The van der Waals surface area contributed by atoms with Crippen LogP contribution in [-0.4, -0.2) is 26.2 Å². The lowest BCUT2D eigenvalue weighted by molar-refractivity contribution is -0.159. The lowest BCUT2D eigenvalue weighted by atomic mass is 9.85. The fourth-order valence-corrected chi connectivity index (χ4v) is 1.83. The number of rotatable bonds is 5. The van der Waals surface area contributed by atoms with Crippen molar-refractivity contribution in [2.24, 2.45) is 5.92 Å². The van der Waals surface area contributed by atoms with E-state index in [1.54, 1.807) is 6.07 Å². The zero-order chi connectivity index (χ0) is 14.4. The SMILES string of the molecule is C=C[C@H](c1ccccc1F)C(C(=O)OC)C(=O)OC. The van der Waals surface area contributed by atoms with Crippen LogP contribution in [-0.2, 0) is 19.1 Å². The Morgan fingerprint density at radius 2 is 1.74 bits per heavy atom. The average Bonchev–Trinajstić information content (AvgIpc) is 2.44. The van der Waals surface area contributed by atoms with Crippen molar-refractivity contribution < 1.29 is 23.5 Å². The third-order valence-electron chi connectivity index (χ3n) is 2.79. The number of ether oxygens (including phenoxy) is 2. The van der Waals surface area contributed by atoms with Crippen LogP contribution in [0.4, 0.5) is 4.39 Å². The van der Waals surface area contributed by atoms with Crippen LogP contribution in [0, 0.1) is 11.7 Å². The lowest BCUT2D eigenvalue weighted by Crippen LogP contribution is -2.31. The van der Waals surface area contributed by atoms with Gasteiger partial charge < -0.3 is 9.47 Å². The quantitative estimate of drug-likeness (QED) is 0.465. The lowest BCUT2D eigenvalue weighted by Gasteiger charge is -2.21. The molecule has 0 unspecified atom stereocenters. The highest BCUT2D eigenvalue weighted by atomic mass is 19.1. The monoisotopic (exact) mass is 266 g/mol. The van der Waals surface area contributed by atoms with Gasteiger partial charge in [-0.15, -0.1) is 6.58 Å². The summed E-state index contributed by atoms with van der Waals surface area (Å²) in [6, 6.07) is 5.86. The van der Waals surface area contributed by atoms with Crippen LogP contribution in [0.3, 0.4) is 0 Å². The molecule has 0 amide bonds. The molecule has 0 saturated carbocycles. The first-order valence-corrected chi connectivity index (χ1v) is 5.59. The summed E-state index contributed by atoms with van der Waals surface area (Å²) in [6.45, 7) is 3.55. The van der Waals surface area contributed by atoms with Crippen LogP contribution in [0.1, 0.15) is 11.5 Å². The maximum Gasteiger partial charge on any atom is 0.321 e.